The lowest BCUT2D eigenvalue weighted by molar-refractivity contribution is 0.0691. The van der Waals surface area contributed by atoms with Crippen LogP contribution in [0.25, 0.3) is 0 Å². The number of ether oxygens (including phenoxy) is 1. The summed E-state index contributed by atoms with van der Waals surface area (Å²) >= 11 is 0. The van der Waals surface area contributed by atoms with Crippen molar-refractivity contribution in [2.24, 2.45) is 5.92 Å². The van der Waals surface area contributed by atoms with Crippen molar-refractivity contribution in [3.63, 3.8) is 0 Å². The van der Waals surface area contributed by atoms with E-state index in [0.29, 0.717) is 24.8 Å². The number of carbonyl (C=O) groups is 1. The van der Waals surface area contributed by atoms with Crippen LogP contribution >= 0.6 is 0 Å². The van der Waals surface area contributed by atoms with E-state index in [1.807, 2.05) is 0 Å². The smallest absolute Gasteiger partial charge is 0.356 e. The number of hydrogen-bond acceptors (Lipinski definition) is 4. The quantitative estimate of drug-likeness (QED) is 0.694. The second-order valence-corrected chi connectivity index (χ2v) is 4.45. The molecule has 1 rings (SSSR count). The highest BCUT2D eigenvalue weighted by atomic mass is 16.5. The Hall–Kier alpha value is -1.62. The van der Waals surface area contributed by atoms with E-state index in [4.69, 9.17) is 9.84 Å². The van der Waals surface area contributed by atoms with Crippen molar-refractivity contribution in [1.82, 2.24) is 4.98 Å². The summed E-state index contributed by atoms with van der Waals surface area (Å²) in [4.78, 5) is 14.7. The highest BCUT2D eigenvalue weighted by molar-refractivity contribution is 5.91. The summed E-state index contributed by atoms with van der Waals surface area (Å²) in [6, 6.07) is 3.43. The molecular weight excluding hydrogens is 232 g/mol. The van der Waals surface area contributed by atoms with E-state index in [0.717, 1.165) is 13.0 Å². The summed E-state index contributed by atoms with van der Waals surface area (Å²) in [7, 11) is 0. The van der Waals surface area contributed by atoms with Crippen LogP contribution in [0.5, 0.6) is 0 Å². The molecule has 0 saturated carbocycles. The third kappa shape index (κ3) is 5.14. The van der Waals surface area contributed by atoms with Gasteiger partial charge in [0.25, 0.3) is 0 Å². The molecule has 0 radical (unpaired) electrons. The largest absolute Gasteiger partial charge is 0.476 e. The molecule has 0 atom stereocenters. The van der Waals surface area contributed by atoms with Crippen molar-refractivity contribution in [2.45, 2.75) is 20.3 Å². The van der Waals surface area contributed by atoms with Gasteiger partial charge in [0.15, 0.2) is 5.69 Å². The predicted molar refractivity (Wildman–Crippen MR) is 70.0 cm³/mol. The Morgan fingerprint density at radius 3 is 3.00 bits per heavy atom. The maximum atomic E-state index is 10.9. The van der Waals surface area contributed by atoms with Gasteiger partial charge in [0.05, 0.1) is 5.69 Å². The molecule has 0 aliphatic heterocycles. The molecule has 18 heavy (non-hydrogen) atoms. The van der Waals surface area contributed by atoms with Crippen molar-refractivity contribution in [3.05, 3.63) is 24.0 Å². The third-order valence-corrected chi connectivity index (χ3v) is 2.24. The number of nitrogens with one attached hydrogen (secondary N) is 1. The zero-order valence-electron chi connectivity index (χ0n) is 10.8. The van der Waals surface area contributed by atoms with E-state index in [-0.39, 0.29) is 5.69 Å². The number of hydrogen-bond donors (Lipinski definition) is 2. The lowest BCUT2D eigenvalue weighted by atomic mass is 10.2. The van der Waals surface area contributed by atoms with Crippen LogP contribution in [0.1, 0.15) is 30.8 Å². The number of nitrogens with zero attached hydrogens (tertiary/aromatic N) is 1. The molecule has 1 aromatic heterocycles. The van der Waals surface area contributed by atoms with Crippen LogP contribution in [0.15, 0.2) is 18.3 Å². The maximum Gasteiger partial charge on any atom is 0.356 e. The minimum Gasteiger partial charge on any atom is -0.476 e. The fourth-order valence-corrected chi connectivity index (χ4v) is 1.43. The van der Waals surface area contributed by atoms with Crippen molar-refractivity contribution < 1.29 is 14.6 Å². The van der Waals surface area contributed by atoms with Crippen LogP contribution < -0.4 is 5.32 Å². The topological polar surface area (TPSA) is 71.5 Å². The van der Waals surface area contributed by atoms with Crippen molar-refractivity contribution in [2.75, 3.05) is 25.1 Å². The maximum absolute atomic E-state index is 10.9. The molecule has 100 valence electrons. The minimum atomic E-state index is -1.02. The first-order chi connectivity index (χ1) is 8.61. The molecule has 0 fully saturated rings. The molecule has 0 unspecified atom stereocenters. The zero-order valence-corrected chi connectivity index (χ0v) is 10.8. The van der Waals surface area contributed by atoms with Crippen molar-refractivity contribution in [3.8, 4) is 0 Å². The molecule has 5 nitrogen and oxygen atoms in total. The number of carboxylic acids is 1. The normalized spacial score (nSPS) is 10.6. The summed E-state index contributed by atoms with van der Waals surface area (Å²) in [5, 5.41) is 12.0. The fraction of sp³-hybridized carbons (Fsp3) is 0.538. The number of pyridine rings is 1. The fourth-order valence-electron chi connectivity index (χ4n) is 1.43. The molecule has 2 N–H and O–H groups in total. The van der Waals surface area contributed by atoms with Gasteiger partial charge in [0.1, 0.15) is 0 Å². The molecule has 1 aromatic rings. The Morgan fingerprint density at radius 1 is 1.56 bits per heavy atom. The molecule has 0 amide bonds. The van der Waals surface area contributed by atoms with Gasteiger partial charge in [-0.3, -0.25) is 0 Å². The first-order valence-electron chi connectivity index (χ1n) is 6.11. The zero-order chi connectivity index (χ0) is 13.4. The first kappa shape index (κ1) is 14.4. The van der Waals surface area contributed by atoms with Crippen LogP contribution in [0.3, 0.4) is 0 Å². The molecule has 0 spiro atoms. The first-order valence-corrected chi connectivity index (χ1v) is 6.11. The Bertz CT molecular complexity index is 380. The van der Waals surface area contributed by atoms with Crippen LogP contribution in [0.2, 0.25) is 0 Å². The summed E-state index contributed by atoms with van der Waals surface area (Å²) in [5.74, 6) is -0.482. The molecular formula is C13H20N2O3. The number of anilines is 1. The van der Waals surface area contributed by atoms with Crippen LogP contribution in [0, 0.1) is 5.92 Å². The Morgan fingerprint density at radius 2 is 2.33 bits per heavy atom. The van der Waals surface area contributed by atoms with Gasteiger partial charge in [0, 0.05) is 26.0 Å². The number of rotatable bonds is 8. The Kier molecular flexibility index (Phi) is 6.14. The van der Waals surface area contributed by atoms with Crippen molar-refractivity contribution in [1.29, 1.82) is 0 Å². The van der Waals surface area contributed by atoms with Gasteiger partial charge in [-0.2, -0.15) is 0 Å². The molecule has 0 saturated heterocycles. The Balaban J connectivity index is 2.29. The van der Waals surface area contributed by atoms with Gasteiger partial charge < -0.3 is 15.2 Å². The van der Waals surface area contributed by atoms with Crippen molar-refractivity contribution >= 4 is 11.7 Å². The van der Waals surface area contributed by atoms with E-state index in [1.165, 1.54) is 6.20 Å². The monoisotopic (exact) mass is 252 g/mol. The standard InChI is InChI=1S/C13H20N2O3/c1-10(2)9-18-8-4-7-14-11-5-3-6-15-12(11)13(16)17/h3,5-6,10,14H,4,7-9H2,1-2H3,(H,16,17). The van der Waals surface area contributed by atoms with Gasteiger partial charge in [-0.25, -0.2) is 9.78 Å². The molecule has 0 aromatic carbocycles. The molecule has 5 heteroatoms. The van der Waals surface area contributed by atoms with E-state index in [2.05, 4.69) is 24.1 Å². The highest BCUT2D eigenvalue weighted by Gasteiger charge is 2.09. The van der Waals surface area contributed by atoms with Gasteiger partial charge in [-0.15, -0.1) is 0 Å². The van der Waals surface area contributed by atoms with E-state index in [9.17, 15) is 4.79 Å². The van der Waals surface area contributed by atoms with Gasteiger partial charge >= 0.3 is 5.97 Å². The minimum absolute atomic E-state index is 0.0561. The second kappa shape index (κ2) is 7.66. The molecule has 0 aliphatic carbocycles. The van der Waals surface area contributed by atoms with E-state index < -0.39 is 5.97 Å². The summed E-state index contributed by atoms with van der Waals surface area (Å²) in [6.07, 6.45) is 2.31. The molecule has 1 heterocycles. The lowest BCUT2D eigenvalue weighted by Gasteiger charge is -2.09. The Labute approximate surface area is 107 Å². The van der Waals surface area contributed by atoms with Crippen LogP contribution in [-0.4, -0.2) is 35.8 Å². The third-order valence-electron chi connectivity index (χ3n) is 2.24. The van der Waals surface area contributed by atoms with Crippen LogP contribution in [0.4, 0.5) is 5.69 Å². The molecule has 0 bridgehead atoms. The molecule has 0 aliphatic rings. The SMILES string of the molecule is CC(C)COCCCNc1cccnc1C(=O)O. The summed E-state index contributed by atoms with van der Waals surface area (Å²) in [6.45, 7) is 6.31. The summed E-state index contributed by atoms with van der Waals surface area (Å²) < 4.78 is 5.44. The highest BCUT2D eigenvalue weighted by Crippen LogP contribution is 2.11. The number of aromatic carboxylic acids is 1. The average Bonchev–Trinajstić information content (AvgIpc) is 2.33. The van der Waals surface area contributed by atoms with Gasteiger partial charge in [-0.1, -0.05) is 13.8 Å². The van der Waals surface area contributed by atoms with Gasteiger partial charge in [0.2, 0.25) is 0 Å². The number of aromatic nitrogens is 1. The predicted octanol–water partition coefficient (Wildman–Crippen LogP) is 2.25. The van der Waals surface area contributed by atoms with E-state index >= 15 is 0 Å². The lowest BCUT2D eigenvalue weighted by Crippen LogP contribution is -2.11. The van der Waals surface area contributed by atoms with Crippen LogP contribution in [-0.2, 0) is 4.74 Å². The summed E-state index contributed by atoms with van der Waals surface area (Å²) in [5.41, 5.74) is 0.606. The second-order valence-electron chi connectivity index (χ2n) is 4.45. The van der Waals surface area contributed by atoms with Gasteiger partial charge in [-0.05, 0) is 24.5 Å². The van der Waals surface area contributed by atoms with E-state index in [1.54, 1.807) is 12.1 Å². The number of carboxylic acid groups (broad SMARTS) is 1. The average molecular weight is 252 g/mol.